The Hall–Kier alpha value is 0.250. The van der Waals surface area contributed by atoms with Crippen LogP contribution in [0, 0.1) is 0 Å². The number of aliphatic hydroxyl groups is 3. The van der Waals surface area contributed by atoms with Gasteiger partial charge in [-0.3, -0.25) is 4.79 Å². The van der Waals surface area contributed by atoms with Crippen molar-refractivity contribution in [1.29, 1.82) is 0 Å². The van der Waals surface area contributed by atoms with Crippen molar-refractivity contribution in [3.8, 4) is 0 Å². The summed E-state index contributed by atoms with van der Waals surface area (Å²) in [6.45, 7) is 0. The molecule has 0 aromatic carbocycles. The molecule has 0 radical (unpaired) electrons. The fourth-order valence-corrected chi connectivity index (χ4v) is 0.956. The van der Waals surface area contributed by atoms with Gasteiger partial charge in [-0.15, -0.1) is 0 Å². The number of hydrogen-bond acceptors (Lipinski definition) is 6. The molecule has 0 aliphatic carbocycles. The van der Waals surface area contributed by atoms with Crippen LogP contribution in [-0.2, 0) is 4.79 Å². The second kappa shape index (κ2) is 5.82. The van der Waals surface area contributed by atoms with Gasteiger partial charge in [0, 0.05) is 11.5 Å². The van der Waals surface area contributed by atoms with Crippen LogP contribution in [0.4, 0.5) is 0 Å². The molecular weight excluding hydrogens is 200 g/mol. The van der Waals surface area contributed by atoms with Crippen molar-refractivity contribution in [1.82, 2.24) is 0 Å². The first-order valence-electron chi connectivity index (χ1n) is 3.34. The quantitative estimate of drug-likeness (QED) is 0.359. The van der Waals surface area contributed by atoms with E-state index in [4.69, 9.17) is 15.3 Å². The Kier molecular flexibility index (Phi) is 5.94. The normalized spacial score (nSPS) is 18.4. The summed E-state index contributed by atoms with van der Waals surface area (Å²) >= 11 is 7.35. The average molecular weight is 212 g/mol. The van der Waals surface area contributed by atoms with Crippen molar-refractivity contribution in [2.45, 2.75) is 18.3 Å². The van der Waals surface area contributed by atoms with E-state index in [1.165, 1.54) is 0 Å². The van der Waals surface area contributed by atoms with Crippen molar-refractivity contribution < 1.29 is 20.1 Å². The second-order valence-electron chi connectivity index (χ2n) is 2.30. The van der Waals surface area contributed by atoms with Gasteiger partial charge in [0.15, 0.2) is 5.78 Å². The van der Waals surface area contributed by atoms with Gasteiger partial charge in [0.25, 0.3) is 0 Å². The Bertz CT molecular complexity index is 152. The highest BCUT2D eigenvalue weighted by atomic mass is 32.1. The van der Waals surface area contributed by atoms with Crippen molar-refractivity contribution in [2.24, 2.45) is 0 Å². The summed E-state index contributed by atoms with van der Waals surface area (Å²) in [7, 11) is 0. The number of thiol groups is 2. The molecule has 0 unspecified atom stereocenters. The van der Waals surface area contributed by atoms with E-state index in [1.807, 2.05) is 0 Å². The largest absolute Gasteiger partial charge is 0.389 e. The molecule has 0 aliphatic rings. The first-order chi connectivity index (χ1) is 5.54. The molecule has 0 aromatic rings. The minimum absolute atomic E-state index is 0.0355. The molecule has 12 heavy (non-hydrogen) atoms. The Balaban J connectivity index is 4.09. The zero-order chi connectivity index (χ0) is 9.72. The molecule has 0 amide bonds. The van der Waals surface area contributed by atoms with Crippen LogP contribution in [0.15, 0.2) is 0 Å². The number of Topliss-reactive ketones (excluding diaryl/α,β-unsaturated/α-hetero) is 1. The zero-order valence-corrected chi connectivity index (χ0v) is 8.08. The van der Waals surface area contributed by atoms with Crippen molar-refractivity contribution in [3.05, 3.63) is 0 Å². The van der Waals surface area contributed by atoms with Crippen molar-refractivity contribution in [2.75, 3.05) is 11.5 Å². The molecule has 3 N–H and O–H groups in total. The summed E-state index contributed by atoms with van der Waals surface area (Å²) < 4.78 is 0. The zero-order valence-electron chi connectivity index (χ0n) is 6.29. The molecule has 4 nitrogen and oxygen atoms in total. The minimum Gasteiger partial charge on any atom is -0.389 e. The molecule has 0 rings (SSSR count). The number of rotatable bonds is 5. The van der Waals surface area contributed by atoms with E-state index >= 15 is 0 Å². The van der Waals surface area contributed by atoms with Gasteiger partial charge in [-0.25, -0.2) is 0 Å². The highest BCUT2D eigenvalue weighted by molar-refractivity contribution is 7.80. The lowest BCUT2D eigenvalue weighted by molar-refractivity contribution is -0.139. The van der Waals surface area contributed by atoms with Crippen LogP contribution in [0.3, 0.4) is 0 Å². The SMILES string of the molecule is O=C([C@@H](O)CS)[C@H](O)[C@H](O)CS. The van der Waals surface area contributed by atoms with E-state index in [0.29, 0.717) is 0 Å². The molecule has 3 atom stereocenters. The van der Waals surface area contributed by atoms with E-state index < -0.39 is 24.1 Å². The van der Waals surface area contributed by atoms with Crippen LogP contribution < -0.4 is 0 Å². The summed E-state index contributed by atoms with van der Waals surface area (Å²) in [5.74, 6) is -0.937. The fourth-order valence-electron chi connectivity index (χ4n) is 0.577. The minimum atomic E-state index is -1.58. The number of carbonyl (C=O) groups is 1. The topological polar surface area (TPSA) is 77.8 Å². The highest BCUT2D eigenvalue weighted by Crippen LogP contribution is 2.02. The maximum atomic E-state index is 10.9. The number of ketones is 1. The molecule has 0 aliphatic heterocycles. The first-order valence-corrected chi connectivity index (χ1v) is 4.60. The number of carbonyl (C=O) groups excluding carboxylic acids is 1. The molecule has 0 fully saturated rings. The maximum absolute atomic E-state index is 10.9. The van der Waals surface area contributed by atoms with Gasteiger partial charge in [-0.1, -0.05) is 0 Å². The lowest BCUT2D eigenvalue weighted by atomic mass is 10.1. The Morgan fingerprint density at radius 3 is 2.00 bits per heavy atom. The molecule has 0 saturated heterocycles. The molecule has 0 spiro atoms. The van der Waals surface area contributed by atoms with E-state index in [1.54, 1.807) is 0 Å². The third-order valence-corrected chi connectivity index (χ3v) is 2.06. The van der Waals surface area contributed by atoms with Gasteiger partial charge in [0.2, 0.25) is 0 Å². The van der Waals surface area contributed by atoms with Gasteiger partial charge < -0.3 is 15.3 Å². The lowest BCUT2D eigenvalue weighted by Gasteiger charge is -2.16. The van der Waals surface area contributed by atoms with Crippen LogP contribution in [0.5, 0.6) is 0 Å². The van der Waals surface area contributed by atoms with E-state index in [2.05, 4.69) is 25.3 Å². The highest BCUT2D eigenvalue weighted by Gasteiger charge is 2.27. The van der Waals surface area contributed by atoms with Crippen LogP contribution in [0.1, 0.15) is 0 Å². The molecule has 72 valence electrons. The fraction of sp³-hybridized carbons (Fsp3) is 0.833. The van der Waals surface area contributed by atoms with Crippen LogP contribution in [-0.4, -0.2) is 50.9 Å². The predicted octanol–water partition coefficient (Wildman–Crippen LogP) is -1.50. The van der Waals surface area contributed by atoms with E-state index in [9.17, 15) is 4.79 Å². The predicted molar refractivity (Wildman–Crippen MR) is 50.7 cm³/mol. The third kappa shape index (κ3) is 3.32. The summed E-state index contributed by atoms with van der Waals surface area (Å²) in [6, 6.07) is 0. The summed E-state index contributed by atoms with van der Waals surface area (Å²) in [4.78, 5) is 10.9. The van der Waals surface area contributed by atoms with E-state index in [0.717, 1.165) is 0 Å². The summed E-state index contributed by atoms with van der Waals surface area (Å²) in [6.07, 6.45) is -4.15. The number of aliphatic hydroxyl groups excluding tert-OH is 3. The molecule has 0 bridgehead atoms. The number of hydrogen-bond donors (Lipinski definition) is 5. The third-order valence-electron chi connectivity index (χ3n) is 1.34. The van der Waals surface area contributed by atoms with Gasteiger partial charge in [-0.05, 0) is 0 Å². The van der Waals surface area contributed by atoms with Crippen LogP contribution >= 0.6 is 25.3 Å². The van der Waals surface area contributed by atoms with Crippen LogP contribution in [0.2, 0.25) is 0 Å². The maximum Gasteiger partial charge on any atom is 0.193 e. The van der Waals surface area contributed by atoms with Gasteiger partial charge >= 0.3 is 0 Å². The van der Waals surface area contributed by atoms with Crippen molar-refractivity contribution >= 4 is 31.0 Å². The molecule has 6 heteroatoms. The standard InChI is InChI=1S/C6H12O4S2/c7-3(1-11)5(9)6(10)4(8)2-12/h3-5,7-9,11-12H,1-2H2/t3-,4+,5-/m1/s1. The van der Waals surface area contributed by atoms with Gasteiger partial charge in [0.05, 0.1) is 6.10 Å². The lowest BCUT2D eigenvalue weighted by Crippen LogP contribution is -2.42. The summed E-state index contributed by atoms with van der Waals surface area (Å²) in [5.41, 5.74) is 0. The molecular formula is C6H12O4S2. The monoisotopic (exact) mass is 212 g/mol. The van der Waals surface area contributed by atoms with Crippen LogP contribution in [0.25, 0.3) is 0 Å². The molecule has 0 saturated carbocycles. The van der Waals surface area contributed by atoms with E-state index in [-0.39, 0.29) is 11.5 Å². The van der Waals surface area contributed by atoms with Gasteiger partial charge in [0.1, 0.15) is 12.2 Å². The second-order valence-corrected chi connectivity index (χ2v) is 3.03. The summed E-state index contributed by atoms with van der Waals surface area (Å²) in [5, 5.41) is 26.9. The van der Waals surface area contributed by atoms with Crippen molar-refractivity contribution in [3.63, 3.8) is 0 Å². The molecule has 0 aromatic heterocycles. The first kappa shape index (κ1) is 12.2. The van der Waals surface area contributed by atoms with Gasteiger partial charge in [-0.2, -0.15) is 25.3 Å². The Labute approximate surface area is 81.4 Å². The Morgan fingerprint density at radius 2 is 1.67 bits per heavy atom. The average Bonchev–Trinajstić information content (AvgIpc) is 2.12. The Morgan fingerprint density at radius 1 is 1.17 bits per heavy atom. The smallest absolute Gasteiger partial charge is 0.193 e. The molecule has 0 heterocycles.